The number of ether oxygens (including phenoxy) is 2. The summed E-state index contributed by atoms with van der Waals surface area (Å²) in [6, 6.07) is 13.0. The van der Waals surface area contributed by atoms with Crippen LogP contribution in [0.1, 0.15) is 11.4 Å². The molecule has 1 N–H and O–H groups in total. The van der Waals surface area contributed by atoms with Crippen molar-refractivity contribution in [2.24, 2.45) is 0 Å². The van der Waals surface area contributed by atoms with Gasteiger partial charge >= 0.3 is 0 Å². The molecule has 2 aromatic carbocycles. The van der Waals surface area contributed by atoms with Crippen LogP contribution in [-0.2, 0) is 11.4 Å². The Balaban J connectivity index is 1.87. The van der Waals surface area contributed by atoms with Crippen LogP contribution < -0.4 is 14.8 Å². The topological polar surface area (TPSA) is 78.3 Å². The summed E-state index contributed by atoms with van der Waals surface area (Å²) in [5.41, 5.74) is 1.78. The van der Waals surface area contributed by atoms with Gasteiger partial charge in [0.15, 0.2) is 11.0 Å². The summed E-state index contributed by atoms with van der Waals surface area (Å²) in [7, 11) is 3.21. The maximum Gasteiger partial charge on any atom is 0.230 e. The number of halogens is 1. The largest absolute Gasteiger partial charge is 0.497 e. The number of nitrogens with zero attached hydrogens (tertiary/aromatic N) is 3. The van der Waals surface area contributed by atoms with Crippen LogP contribution in [0, 0.1) is 6.92 Å². The number of aromatic nitrogens is 3. The fourth-order valence-corrected chi connectivity index (χ4v) is 3.51. The first-order valence-corrected chi connectivity index (χ1v) is 10.2. The number of methoxy groups -OCH3 is 1. The summed E-state index contributed by atoms with van der Waals surface area (Å²) in [4.78, 5) is 11.7. The van der Waals surface area contributed by atoms with E-state index in [0.29, 0.717) is 21.8 Å². The molecule has 0 aliphatic heterocycles. The highest BCUT2D eigenvalue weighted by Gasteiger charge is 2.17. The summed E-state index contributed by atoms with van der Waals surface area (Å²) >= 11 is 7.61. The third-order valence-electron chi connectivity index (χ3n) is 4.15. The molecular weight excluding hydrogens is 412 g/mol. The molecule has 0 saturated heterocycles. The van der Waals surface area contributed by atoms with E-state index in [4.69, 9.17) is 21.1 Å². The fourth-order valence-electron chi connectivity index (χ4n) is 2.49. The average Bonchev–Trinajstić information content (AvgIpc) is 3.15. The predicted molar refractivity (Wildman–Crippen MR) is 113 cm³/mol. The van der Waals surface area contributed by atoms with E-state index in [1.165, 1.54) is 11.8 Å². The zero-order valence-corrected chi connectivity index (χ0v) is 17.9. The van der Waals surface area contributed by atoms with Crippen LogP contribution >= 0.6 is 23.4 Å². The van der Waals surface area contributed by atoms with Gasteiger partial charge in [0.1, 0.15) is 18.1 Å². The minimum atomic E-state index is -0.0949. The predicted octanol–water partition coefficient (Wildman–Crippen LogP) is 3.65. The van der Waals surface area contributed by atoms with Crippen molar-refractivity contribution in [3.05, 3.63) is 58.9 Å². The van der Waals surface area contributed by atoms with Gasteiger partial charge in [-0.25, -0.2) is 0 Å². The smallest absolute Gasteiger partial charge is 0.230 e. The molecule has 1 heterocycles. The van der Waals surface area contributed by atoms with E-state index in [2.05, 4.69) is 15.5 Å². The second kappa shape index (κ2) is 9.67. The second-order valence-electron chi connectivity index (χ2n) is 6.09. The van der Waals surface area contributed by atoms with E-state index in [0.717, 1.165) is 17.0 Å². The number of amides is 1. The van der Waals surface area contributed by atoms with Crippen molar-refractivity contribution in [1.82, 2.24) is 20.1 Å². The molecule has 0 radical (unpaired) electrons. The molecule has 0 fully saturated rings. The number of benzene rings is 2. The third-order valence-corrected chi connectivity index (χ3v) is 5.49. The normalized spacial score (nSPS) is 10.6. The Hall–Kier alpha value is -2.71. The Kier molecular flexibility index (Phi) is 7.00. The van der Waals surface area contributed by atoms with Gasteiger partial charge in [0, 0.05) is 12.1 Å². The van der Waals surface area contributed by atoms with E-state index >= 15 is 0 Å². The van der Waals surface area contributed by atoms with Crippen molar-refractivity contribution in [2.75, 3.05) is 19.9 Å². The molecule has 0 spiro atoms. The second-order valence-corrected chi connectivity index (χ2v) is 7.44. The number of nitrogens with one attached hydrogen (secondary N) is 1. The summed E-state index contributed by atoms with van der Waals surface area (Å²) in [5, 5.41) is 12.3. The molecule has 9 heteroatoms. The quantitative estimate of drug-likeness (QED) is 0.547. The molecule has 7 nitrogen and oxygen atoms in total. The van der Waals surface area contributed by atoms with Gasteiger partial charge in [-0.05, 0) is 48.9 Å². The molecule has 29 heavy (non-hydrogen) atoms. The van der Waals surface area contributed by atoms with Crippen LogP contribution in [0.15, 0.2) is 47.6 Å². The van der Waals surface area contributed by atoms with E-state index in [9.17, 15) is 4.79 Å². The lowest BCUT2D eigenvalue weighted by Gasteiger charge is -2.12. The zero-order valence-electron chi connectivity index (χ0n) is 16.3. The van der Waals surface area contributed by atoms with Crippen LogP contribution in [0.4, 0.5) is 0 Å². The Morgan fingerprint density at radius 3 is 2.55 bits per heavy atom. The highest BCUT2D eigenvalue weighted by atomic mass is 35.5. The van der Waals surface area contributed by atoms with Gasteiger partial charge in [-0.3, -0.25) is 9.36 Å². The van der Waals surface area contributed by atoms with E-state index < -0.39 is 0 Å². The molecule has 152 valence electrons. The zero-order chi connectivity index (χ0) is 20.8. The van der Waals surface area contributed by atoms with Crippen molar-refractivity contribution in [2.45, 2.75) is 18.7 Å². The standard InChI is InChI=1S/C20H21ClN4O3S/c1-13-4-5-14(10-17(13)21)25-18(23-24-20(25)29-12-19(26)22-2)11-28-16-8-6-15(27-3)7-9-16/h4-10H,11-12H2,1-3H3,(H,22,26). The van der Waals surface area contributed by atoms with E-state index in [1.807, 2.05) is 54.0 Å². The number of rotatable bonds is 8. The molecule has 0 bridgehead atoms. The van der Waals surface area contributed by atoms with Crippen molar-refractivity contribution < 1.29 is 14.3 Å². The molecule has 0 saturated carbocycles. The Morgan fingerprint density at radius 1 is 1.17 bits per heavy atom. The number of aryl methyl sites for hydroxylation is 1. The lowest BCUT2D eigenvalue weighted by molar-refractivity contribution is -0.118. The molecule has 3 rings (SSSR count). The molecule has 1 aromatic heterocycles. The summed E-state index contributed by atoms with van der Waals surface area (Å²) in [6.45, 7) is 2.14. The highest BCUT2D eigenvalue weighted by Crippen LogP contribution is 2.26. The first-order chi connectivity index (χ1) is 14.0. The highest BCUT2D eigenvalue weighted by molar-refractivity contribution is 7.99. The fraction of sp³-hybridized carbons (Fsp3) is 0.250. The first-order valence-electron chi connectivity index (χ1n) is 8.83. The molecule has 1 amide bonds. The minimum absolute atomic E-state index is 0.0949. The van der Waals surface area contributed by atoms with Crippen LogP contribution in [0.2, 0.25) is 5.02 Å². The summed E-state index contributed by atoms with van der Waals surface area (Å²) in [6.07, 6.45) is 0. The monoisotopic (exact) mass is 432 g/mol. The lowest BCUT2D eigenvalue weighted by Crippen LogP contribution is -2.20. The van der Waals surface area contributed by atoms with Gasteiger partial charge in [0.2, 0.25) is 5.91 Å². The number of carbonyl (C=O) groups excluding carboxylic acids is 1. The lowest BCUT2D eigenvalue weighted by atomic mass is 10.2. The van der Waals surface area contributed by atoms with Crippen LogP contribution in [0.3, 0.4) is 0 Å². The van der Waals surface area contributed by atoms with Crippen LogP contribution in [0.5, 0.6) is 11.5 Å². The van der Waals surface area contributed by atoms with Crippen molar-refractivity contribution in [1.29, 1.82) is 0 Å². The first kappa shape index (κ1) is 21.0. The van der Waals surface area contributed by atoms with Gasteiger partial charge in [-0.1, -0.05) is 29.4 Å². The average molecular weight is 433 g/mol. The molecule has 0 aliphatic rings. The van der Waals surface area contributed by atoms with Gasteiger partial charge in [0.25, 0.3) is 0 Å². The van der Waals surface area contributed by atoms with Gasteiger partial charge in [0.05, 0.1) is 18.6 Å². The number of hydrogen-bond acceptors (Lipinski definition) is 6. The Morgan fingerprint density at radius 2 is 1.90 bits per heavy atom. The number of carbonyl (C=O) groups is 1. The maximum atomic E-state index is 11.7. The van der Waals surface area contributed by atoms with E-state index in [1.54, 1.807) is 14.2 Å². The van der Waals surface area contributed by atoms with Crippen LogP contribution in [-0.4, -0.2) is 40.6 Å². The van der Waals surface area contributed by atoms with Crippen molar-refractivity contribution in [3.8, 4) is 17.2 Å². The molecule has 0 aliphatic carbocycles. The molecule has 0 unspecified atom stereocenters. The molecule has 0 atom stereocenters. The van der Waals surface area contributed by atoms with Gasteiger partial charge < -0.3 is 14.8 Å². The summed E-state index contributed by atoms with van der Waals surface area (Å²) in [5.74, 6) is 2.17. The van der Waals surface area contributed by atoms with E-state index in [-0.39, 0.29) is 18.3 Å². The van der Waals surface area contributed by atoms with Crippen molar-refractivity contribution in [3.63, 3.8) is 0 Å². The molecular formula is C20H21ClN4O3S. The van der Waals surface area contributed by atoms with Gasteiger partial charge in [-0.2, -0.15) is 0 Å². The Bertz CT molecular complexity index is 992. The number of thioether (sulfide) groups is 1. The number of hydrogen-bond donors (Lipinski definition) is 1. The van der Waals surface area contributed by atoms with Crippen molar-refractivity contribution >= 4 is 29.3 Å². The Labute approximate surface area is 178 Å². The molecule has 3 aromatic rings. The minimum Gasteiger partial charge on any atom is -0.497 e. The van der Waals surface area contributed by atoms with Gasteiger partial charge in [-0.15, -0.1) is 10.2 Å². The maximum absolute atomic E-state index is 11.7. The third kappa shape index (κ3) is 5.21. The SMILES string of the molecule is CNC(=O)CSc1nnc(COc2ccc(OC)cc2)n1-c1ccc(C)c(Cl)c1. The van der Waals surface area contributed by atoms with Crippen LogP contribution in [0.25, 0.3) is 5.69 Å². The summed E-state index contributed by atoms with van der Waals surface area (Å²) < 4.78 is 12.9.